The molecule has 8 nitrogen and oxygen atoms in total. The number of likely N-dealkylation sites (N-methyl/N-ethyl adjacent to an activating group) is 1. The fourth-order valence-corrected chi connectivity index (χ4v) is 2.57. The molecule has 0 aliphatic heterocycles. The maximum absolute atomic E-state index is 12.3. The Morgan fingerprint density at radius 3 is 2.65 bits per heavy atom. The molecule has 138 valence electrons. The number of hydrogen-bond donors (Lipinski definition) is 3. The highest BCUT2D eigenvalue weighted by Gasteiger charge is 2.19. The van der Waals surface area contributed by atoms with Gasteiger partial charge in [0.05, 0.1) is 13.1 Å². The van der Waals surface area contributed by atoms with E-state index in [2.05, 4.69) is 16.9 Å². The lowest BCUT2D eigenvalue weighted by molar-refractivity contribution is -0.119. The van der Waals surface area contributed by atoms with Crippen LogP contribution in [-0.4, -0.2) is 35.1 Å². The Labute approximate surface area is 151 Å². The molecule has 8 heteroatoms. The first-order valence-electron chi connectivity index (χ1n) is 8.27. The summed E-state index contributed by atoms with van der Waals surface area (Å²) in [7, 11) is 0. The SMILES string of the molecule is C=CCNC(=O)CN(CC)c1c(N)n(Cc2ccccc2)c(=O)[nH]c1=O. The van der Waals surface area contributed by atoms with Gasteiger partial charge >= 0.3 is 5.69 Å². The second-order valence-electron chi connectivity index (χ2n) is 5.67. The van der Waals surface area contributed by atoms with Gasteiger partial charge in [-0.1, -0.05) is 36.4 Å². The molecule has 2 aromatic rings. The van der Waals surface area contributed by atoms with Crippen LogP contribution in [-0.2, 0) is 11.3 Å². The first-order chi connectivity index (χ1) is 12.5. The van der Waals surface area contributed by atoms with Crippen molar-refractivity contribution < 1.29 is 4.79 Å². The zero-order valence-electron chi connectivity index (χ0n) is 14.7. The number of aromatic amines is 1. The average molecular weight is 357 g/mol. The van der Waals surface area contributed by atoms with Gasteiger partial charge in [0.15, 0.2) is 0 Å². The van der Waals surface area contributed by atoms with E-state index in [1.807, 2.05) is 30.3 Å². The predicted octanol–water partition coefficient (Wildman–Crippen LogP) is 0.296. The van der Waals surface area contributed by atoms with Crippen molar-refractivity contribution in [1.82, 2.24) is 14.9 Å². The topological polar surface area (TPSA) is 113 Å². The summed E-state index contributed by atoms with van der Waals surface area (Å²) in [5.41, 5.74) is 5.91. The van der Waals surface area contributed by atoms with Crippen LogP contribution in [0.2, 0.25) is 0 Å². The third kappa shape index (κ3) is 4.41. The van der Waals surface area contributed by atoms with Gasteiger partial charge in [-0.25, -0.2) is 4.79 Å². The van der Waals surface area contributed by atoms with E-state index >= 15 is 0 Å². The number of nitrogen functional groups attached to an aromatic ring is 1. The summed E-state index contributed by atoms with van der Waals surface area (Å²) < 4.78 is 1.29. The van der Waals surface area contributed by atoms with Gasteiger partial charge in [-0.05, 0) is 12.5 Å². The van der Waals surface area contributed by atoms with Crippen LogP contribution >= 0.6 is 0 Å². The monoisotopic (exact) mass is 357 g/mol. The van der Waals surface area contributed by atoms with Crippen molar-refractivity contribution in [2.24, 2.45) is 0 Å². The Morgan fingerprint density at radius 2 is 2.04 bits per heavy atom. The number of carbonyl (C=O) groups excluding carboxylic acids is 1. The Balaban J connectivity index is 2.39. The lowest BCUT2D eigenvalue weighted by Crippen LogP contribution is -2.43. The molecule has 0 saturated carbocycles. The molecule has 1 aromatic carbocycles. The molecular weight excluding hydrogens is 334 g/mol. The van der Waals surface area contributed by atoms with Crippen LogP contribution in [0.5, 0.6) is 0 Å². The molecule has 0 bridgehead atoms. The third-order valence-corrected chi connectivity index (χ3v) is 3.87. The molecule has 0 fully saturated rings. The number of amides is 1. The second-order valence-corrected chi connectivity index (χ2v) is 5.67. The predicted molar refractivity (Wildman–Crippen MR) is 102 cm³/mol. The molecule has 1 aromatic heterocycles. The number of nitrogens with one attached hydrogen (secondary N) is 2. The number of nitrogens with zero attached hydrogens (tertiary/aromatic N) is 2. The smallest absolute Gasteiger partial charge is 0.330 e. The fraction of sp³-hybridized carbons (Fsp3) is 0.278. The van der Waals surface area contributed by atoms with Crippen LogP contribution in [0.25, 0.3) is 0 Å². The molecule has 0 spiro atoms. The quantitative estimate of drug-likeness (QED) is 0.588. The molecule has 1 heterocycles. The molecule has 0 aliphatic carbocycles. The van der Waals surface area contributed by atoms with Crippen molar-refractivity contribution in [3.05, 3.63) is 69.4 Å². The summed E-state index contributed by atoms with van der Waals surface area (Å²) in [5.74, 6) is -0.243. The fourth-order valence-electron chi connectivity index (χ4n) is 2.57. The van der Waals surface area contributed by atoms with Crippen LogP contribution in [0.3, 0.4) is 0 Å². The summed E-state index contributed by atoms with van der Waals surface area (Å²) in [6, 6.07) is 9.29. The summed E-state index contributed by atoms with van der Waals surface area (Å²) >= 11 is 0. The van der Waals surface area contributed by atoms with Gasteiger partial charge in [-0.15, -0.1) is 6.58 Å². The van der Waals surface area contributed by atoms with Gasteiger partial charge in [-0.2, -0.15) is 0 Å². The van der Waals surface area contributed by atoms with Crippen molar-refractivity contribution in [2.75, 3.05) is 30.3 Å². The maximum atomic E-state index is 12.3. The van der Waals surface area contributed by atoms with Crippen molar-refractivity contribution in [2.45, 2.75) is 13.5 Å². The van der Waals surface area contributed by atoms with Crippen LogP contribution in [0, 0.1) is 0 Å². The van der Waals surface area contributed by atoms with Crippen LogP contribution in [0.4, 0.5) is 11.5 Å². The number of carbonyl (C=O) groups is 1. The molecule has 1 amide bonds. The van der Waals surface area contributed by atoms with Gasteiger partial charge in [0.1, 0.15) is 11.5 Å². The molecule has 2 rings (SSSR count). The standard InChI is InChI=1S/C18H23N5O3/c1-3-10-20-14(24)12-22(4-2)15-16(19)23(18(26)21-17(15)25)11-13-8-6-5-7-9-13/h3,5-9H,1,4,10-12,19H2,2H3,(H,20,24)(H,21,25,26). The highest BCUT2D eigenvalue weighted by atomic mass is 16.2. The number of benzene rings is 1. The van der Waals surface area contributed by atoms with Gasteiger partial charge in [0.25, 0.3) is 5.56 Å². The zero-order chi connectivity index (χ0) is 19.1. The number of H-pyrrole nitrogens is 1. The first kappa shape index (κ1) is 19.0. The summed E-state index contributed by atoms with van der Waals surface area (Å²) in [6.07, 6.45) is 1.56. The molecule has 0 saturated heterocycles. The summed E-state index contributed by atoms with van der Waals surface area (Å²) in [5, 5.41) is 2.65. The van der Waals surface area contributed by atoms with Gasteiger partial charge in [-0.3, -0.25) is 19.1 Å². The molecular formula is C18H23N5O3. The van der Waals surface area contributed by atoms with Crippen LogP contribution in [0.1, 0.15) is 12.5 Å². The van der Waals surface area contributed by atoms with Crippen LogP contribution in [0.15, 0.2) is 52.6 Å². The number of nitrogens with two attached hydrogens (primary N) is 1. The molecule has 4 N–H and O–H groups in total. The molecule has 0 atom stereocenters. The largest absolute Gasteiger partial charge is 0.383 e. The van der Waals surface area contributed by atoms with Crippen molar-refractivity contribution in [3.63, 3.8) is 0 Å². The minimum absolute atomic E-state index is 0.0287. The van der Waals surface area contributed by atoms with Gasteiger partial charge < -0.3 is 16.0 Å². The van der Waals surface area contributed by atoms with Gasteiger partial charge in [0.2, 0.25) is 5.91 Å². The van der Waals surface area contributed by atoms with Crippen molar-refractivity contribution in [1.29, 1.82) is 0 Å². The maximum Gasteiger partial charge on any atom is 0.330 e. The summed E-state index contributed by atoms with van der Waals surface area (Å²) in [4.78, 5) is 40.3. The third-order valence-electron chi connectivity index (χ3n) is 3.87. The minimum atomic E-state index is -0.616. The van der Waals surface area contributed by atoms with Gasteiger partial charge in [0, 0.05) is 13.1 Å². The van der Waals surface area contributed by atoms with E-state index in [1.165, 1.54) is 9.47 Å². The Hall–Kier alpha value is -3.29. The zero-order valence-corrected chi connectivity index (χ0v) is 14.7. The Morgan fingerprint density at radius 1 is 1.35 bits per heavy atom. The Bertz CT molecular complexity index is 886. The normalized spacial score (nSPS) is 10.3. The average Bonchev–Trinajstić information content (AvgIpc) is 2.63. The number of rotatable bonds is 8. The van der Waals surface area contributed by atoms with E-state index in [9.17, 15) is 14.4 Å². The highest BCUT2D eigenvalue weighted by molar-refractivity contribution is 5.82. The number of anilines is 2. The van der Waals surface area contributed by atoms with Crippen molar-refractivity contribution in [3.8, 4) is 0 Å². The van der Waals surface area contributed by atoms with E-state index in [-0.39, 0.29) is 30.5 Å². The summed E-state index contributed by atoms with van der Waals surface area (Å²) in [6.45, 7) is 6.20. The second kappa shape index (κ2) is 8.70. The lowest BCUT2D eigenvalue weighted by atomic mass is 10.2. The Kier molecular flexibility index (Phi) is 6.37. The molecule has 0 radical (unpaired) electrons. The minimum Gasteiger partial charge on any atom is -0.383 e. The van der Waals surface area contributed by atoms with E-state index in [0.29, 0.717) is 13.1 Å². The van der Waals surface area contributed by atoms with Crippen LogP contribution < -0.4 is 27.2 Å². The number of hydrogen-bond acceptors (Lipinski definition) is 5. The van der Waals surface area contributed by atoms with Crippen molar-refractivity contribution >= 4 is 17.4 Å². The first-order valence-corrected chi connectivity index (χ1v) is 8.27. The molecule has 0 unspecified atom stereocenters. The number of aromatic nitrogens is 2. The van der Waals surface area contributed by atoms with E-state index < -0.39 is 11.2 Å². The van der Waals surface area contributed by atoms with E-state index in [0.717, 1.165) is 5.56 Å². The van der Waals surface area contributed by atoms with E-state index in [4.69, 9.17) is 5.73 Å². The lowest BCUT2D eigenvalue weighted by Gasteiger charge is -2.24. The highest BCUT2D eigenvalue weighted by Crippen LogP contribution is 2.17. The van der Waals surface area contributed by atoms with E-state index in [1.54, 1.807) is 13.0 Å². The molecule has 0 aliphatic rings. The molecule has 26 heavy (non-hydrogen) atoms.